The van der Waals surface area contributed by atoms with Crippen LogP contribution in [0.4, 0.5) is 5.69 Å². The number of methoxy groups -OCH3 is 2. The fourth-order valence-corrected chi connectivity index (χ4v) is 3.62. The molecular weight excluding hydrogens is 368 g/mol. The largest absolute Gasteiger partial charge is 0.497 e. The number of anilines is 1. The Kier molecular flexibility index (Phi) is 9.41. The SMILES string of the molecule is CCCC[C@@H](CC)CNC(=O)CN(c1ccc(OC)cc1OC)S(C)(=O)=O. The van der Waals surface area contributed by atoms with Gasteiger partial charge in [-0.1, -0.05) is 33.1 Å². The van der Waals surface area contributed by atoms with E-state index in [1.165, 1.54) is 14.2 Å². The van der Waals surface area contributed by atoms with Crippen LogP contribution < -0.4 is 19.1 Å². The molecular formula is C19H32N2O5S. The third kappa shape index (κ3) is 7.28. The van der Waals surface area contributed by atoms with Crippen molar-refractivity contribution in [3.05, 3.63) is 18.2 Å². The fourth-order valence-electron chi connectivity index (χ4n) is 2.76. The zero-order valence-electron chi connectivity index (χ0n) is 16.9. The Balaban J connectivity index is 2.92. The van der Waals surface area contributed by atoms with Crippen molar-refractivity contribution in [1.82, 2.24) is 5.32 Å². The Hall–Kier alpha value is -1.96. The monoisotopic (exact) mass is 400 g/mol. The first-order valence-electron chi connectivity index (χ1n) is 9.23. The van der Waals surface area contributed by atoms with Crippen LogP contribution in [0.5, 0.6) is 11.5 Å². The lowest BCUT2D eigenvalue weighted by molar-refractivity contribution is -0.119. The van der Waals surface area contributed by atoms with Gasteiger partial charge in [0, 0.05) is 12.6 Å². The van der Waals surface area contributed by atoms with Gasteiger partial charge in [-0.05, 0) is 24.5 Å². The van der Waals surface area contributed by atoms with Crippen molar-refractivity contribution in [1.29, 1.82) is 0 Å². The van der Waals surface area contributed by atoms with E-state index < -0.39 is 10.0 Å². The number of nitrogens with one attached hydrogen (secondary N) is 1. The van der Waals surface area contributed by atoms with Gasteiger partial charge in [-0.2, -0.15) is 0 Å². The summed E-state index contributed by atoms with van der Waals surface area (Å²) < 4.78 is 36.0. The quantitative estimate of drug-likeness (QED) is 0.583. The Labute approximate surface area is 163 Å². The number of carbonyl (C=O) groups is 1. The zero-order valence-corrected chi connectivity index (χ0v) is 17.8. The molecule has 0 aliphatic carbocycles. The maximum absolute atomic E-state index is 12.4. The van der Waals surface area contributed by atoms with Gasteiger partial charge in [-0.15, -0.1) is 0 Å². The van der Waals surface area contributed by atoms with Crippen molar-refractivity contribution in [2.45, 2.75) is 39.5 Å². The molecule has 0 spiro atoms. The van der Waals surface area contributed by atoms with Gasteiger partial charge in [0.1, 0.15) is 18.0 Å². The molecule has 8 heteroatoms. The summed E-state index contributed by atoms with van der Waals surface area (Å²) in [5, 5.41) is 2.86. The number of benzene rings is 1. The van der Waals surface area contributed by atoms with Crippen LogP contribution in [0, 0.1) is 5.92 Å². The molecule has 0 heterocycles. The summed E-state index contributed by atoms with van der Waals surface area (Å²) in [5.74, 6) is 0.918. The van der Waals surface area contributed by atoms with Crippen LogP contribution in [0.25, 0.3) is 0 Å². The number of rotatable bonds is 12. The number of sulfonamides is 1. The molecule has 0 saturated carbocycles. The number of amides is 1. The second kappa shape index (κ2) is 11.0. The smallest absolute Gasteiger partial charge is 0.240 e. The normalized spacial score (nSPS) is 12.3. The second-order valence-corrected chi connectivity index (χ2v) is 8.43. The summed E-state index contributed by atoms with van der Waals surface area (Å²) >= 11 is 0. The van der Waals surface area contributed by atoms with E-state index >= 15 is 0 Å². The topological polar surface area (TPSA) is 84.9 Å². The molecule has 0 aliphatic rings. The molecule has 0 aliphatic heterocycles. The minimum absolute atomic E-state index is 0.300. The van der Waals surface area contributed by atoms with Gasteiger partial charge < -0.3 is 14.8 Å². The van der Waals surface area contributed by atoms with Crippen LogP contribution in [-0.4, -0.2) is 47.9 Å². The van der Waals surface area contributed by atoms with Crippen LogP contribution in [0.2, 0.25) is 0 Å². The maximum Gasteiger partial charge on any atom is 0.240 e. The lowest BCUT2D eigenvalue weighted by Gasteiger charge is -2.24. The highest BCUT2D eigenvalue weighted by Crippen LogP contribution is 2.33. The molecule has 0 fully saturated rings. The summed E-state index contributed by atoms with van der Waals surface area (Å²) in [6.07, 6.45) is 5.33. The van der Waals surface area contributed by atoms with Crippen molar-refractivity contribution < 1.29 is 22.7 Å². The molecule has 7 nitrogen and oxygen atoms in total. The fraction of sp³-hybridized carbons (Fsp3) is 0.632. The highest BCUT2D eigenvalue weighted by atomic mass is 32.2. The van der Waals surface area contributed by atoms with E-state index in [-0.39, 0.29) is 12.5 Å². The standard InChI is InChI=1S/C19H32N2O5S/c1-6-8-9-15(7-2)13-20-19(22)14-21(27(5,23)24)17-11-10-16(25-3)12-18(17)26-4/h10-12,15H,6-9,13-14H2,1-5H3,(H,20,22)/t15-/m1/s1. The number of nitrogens with zero attached hydrogens (tertiary/aromatic N) is 1. The lowest BCUT2D eigenvalue weighted by atomic mass is 9.99. The Morgan fingerprint density at radius 1 is 1.22 bits per heavy atom. The third-order valence-electron chi connectivity index (χ3n) is 4.47. The third-order valence-corrected chi connectivity index (χ3v) is 5.60. The van der Waals surface area contributed by atoms with Crippen molar-refractivity contribution in [2.24, 2.45) is 5.92 Å². The molecule has 154 valence electrons. The minimum atomic E-state index is -3.67. The molecule has 1 aromatic carbocycles. The summed E-state index contributed by atoms with van der Waals surface area (Å²) in [6.45, 7) is 4.48. The van der Waals surface area contributed by atoms with E-state index in [9.17, 15) is 13.2 Å². The highest BCUT2D eigenvalue weighted by molar-refractivity contribution is 7.92. The Morgan fingerprint density at radius 2 is 1.93 bits per heavy atom. The molecule has 27 heavy (non-hydrogen) atoms. The number of carbonyl (C=O) groups excluding carboxylic acids is 1. The predicted molar refractivity (Wildman–Crippen MR) is 108 cm³/mol. The number of unbranched alkanes of at least 4 members (excludes halogenated alkanes) is 1. The highest BCUT2D eigenvalue weighted by Gasteiger charge is 2.24. The molecule has 1 aromatic rings. The number of hydrogen-bond acceptors (Lipinski definition) is 5. The van der Waals surface area contributed by atoms with Gasteiger partial charge in [-0.3, -0.25) is 9.10 Å². The average molecular weight is 401 g/mol. The van der Waals surface area contributed by atoms with E-state index in [0.29, 0.717) is 29.6 Å². The van der Waals surface area contributed by atoms with Gasteiger partial charge in [0.25, 0.3) is 0 Å². The van der Waals surface area contributed by atoms with Crippen molar-refractivity contribution in [3.8, 4) is 11.5 Å². The van der Waals surface area contributed by atoms with E-state index in [0.717, 1.165) is 36.2 Å². The molecule has 0 radical (unpaired) electrons. The molecule has 1 amide bonds. The predicted octanol–water partition coefficient (Wildman–Crippen LogP) is 2.80. The molecule has 1 rings (SSSR count). The van der Waals surface area contributed by atoms with Crippen LogP contribution >= 0.6 is 0 Å². The van der Waals surface area contributed by atoms with E-state index in [4.69, 9.17) is 9.47 Å². The van der Waals surface area contributed by atoms with E-state index in [2.05, 4.69) is 19.2 Å². The summed E-state index contributed by atoms with van der Waals surface area (Å²) in [5.41, 5.74) is 0.300. The summed E-state index contributed by atoms with van der Waals surface area (Å²) in [7, 11) is -0.716. The number of ether oxygens (including phenoxy) is 2. The van der Waals surface area contributed by atoms with Crippen LogP contribution in [0.3, 0.4) is 0 Å². The van der Waals surface area contributed by atoms with Crippen LogP contribution in [-0.2, 0) is 14.8 Å². The van der Waals surface area contributed by atoms with Gasteiger partial charge in [0.15, 0.2) is 0 Å². The van der Waals surface area contributed by atoms with Crippen molar-refractivity contribution in [2.75, 3.05) is 37.9 Å². The zero-order chi connectivity index (χ0) is 20.4. The molecule has 1 N–H and O–H groups in total. The van der Waals surface area contributed by atoms with Crippen molar-refractivity contribution in [3.63, 3.8) is 0 Å². The Bertz CT molecular complexity index is 706. The Morgan fingerprint density at radius 3 is 2.44 bits per heavy atom. The van der Waals surface area contributed by atoms with Gasteiger partial charge in [0.05, 0.1) is 26.2 Å². The van der Waals surface area contributed by atoms with Gasteiger partial charge in [-0.25, -0.2) is 8.42 Å². The van der Waals surface area contributed by atoms with Crippen LogP contribution in [0.15, 0.2) is 18.2 Å². The van der Waals surface area contributed by atoms with Gasteiger partial charge in [0.2, 0.25) is 15.9 Å². The minimum Gasteiger partial charge on any atom is -0.497 e. The summed E-state index contributed by atoms with van der Waals surface area (Å²) in [4.78, 5) is 12.4. The first-order chi connectivity index (χ1) is 12.8. The number of hydrogen-bond donors (Lipinski definition) is 1. The lowest BCUT2D eigenvalue weighted by Crippen LogP contribution is -2.41. The van der Waals surface area contributed by atoms with Crippen LogP contribution in [0.1, 0.15) is 39.5 Å². The van der Waals surface area contributed by atoms with E-state index in [1.54, 1.807) is 18.2 Å². The molecule has 0 aromatic heterocycles. The molecule has 1 atom stereocenters. The first-order valence-corrected chi connectivity index (χ1v) is 11.1. The molecule has 0 saturated heterocycles. The average Bonchev–Trinajstić information content (AvgIpc) is 2.64. The first kappa shape index (κ1) is 23.1. The maximum atomic E-state index is 12.4. The van der Waals surface area contributed by atoms with Crippen molar-refractivity contribution >= 4 is 21.6 Å². The summed E-state index contributed by atoms with van der Waals surface area (Å²) in [6, 6.07) is 4.79. The molecule has 0 bridgehead atoms. The second-order valence-electron chi connectivity index (χ2n) is 6.53. The van der Waals surface area contributed by atoms with E-state index in [1.807, 2.05) is 0 Å². The molecule has 0 unspecified atom stereocenters. The van der Waals surface area contributed by atoms with Gasteiger partial charge >= 0.3 is 0 Å².